The van der Waals surface area contributed by atoms with Crippen LogP contribution in [-0.2, 0) is 21.2 Å². The van der Waals surface area contributed by atoms with E-state index in [1.165, 1.54) is 19.2 Å². The number of benzene rings is 2. The number of ether oxygens (including phenoxy) is 2. The summed E-state index contributed by atoms with van der Waals surface area (Å²) in [7, 11) is -2.48. The van der Waals surface area contributed by atoms with E-state index in [-0.39, 0.29) is 17.7 Å². The van der Waals surface area contributed by atoms with Gasteiger partial charge in [-0.2, -0.15) is 0 Å². The van der Waals surface area contributed by atoms with E-state index >= 15 is 0 Å². The monoisotopic (exact) mass is 383 g/mol. The van der Waals surface area contributed by atoms with Crippen LogP contribution in [0.2, 0.25) is 0 Å². The summed E-state index contributed by atoms with van der Waals surface area (Å²) in [4.78, 5) is 21.8. The molecule has 0 aliphatic rings. The second-order valence-electron chi connectivity index (χ2n) is 5.24. The number of esters is 1. The lowest BCUT2D eigenvalue weighted by Crippen LogP contribution is -2.09. The first-order valence-electron chi connectivity index (χ1n) is 7.11. The Bertz CT molecular complexity index is 973. The minimum Gasteiger partial charge on any atom is -0.496 e. The minimum absolute atomic E-state index is 0.209. The van der Waals surface area contributed by atoms with E-state index in [1.54, 1.807) is 0 Å². The number of carbonyl (C=O) groups is 1. The number of halogens is 1. The first kappa shape index (κ1) is 19.3. The maximum Gasteiger partial charge on any atom is 0.338 e. The van der Waals surface area contributed by atoms with Gasteiger partial charge in [-0.1, -0.05) is 0 Å². The molecule has 0 aliphatic carbocycles. The number of rotatable bonds is 6. The van der Waals surface area contributed by atoms with Gasteiger partial charge in [-0.15, -0.1) is 0 Å². The van der Waals surface area contributed by atoms with Gasteiger partial charge in [0.15, 0.2) is 9.84 Å². The van der Waals surface area contributed by atoms with Gasteiger partial charge < -0.3 is 9.47 Å². The first-order chi connectivity index (χ1) is 12.1. The predicted molar refractivity (Wildman–Crippen MR) is 88.3 cm³/mol. The maximum absolute atomic E-state index is 13.3. The molecule has 10 heteroatoms. The summed E-state index contributed by atoms with van der Waals surface area (Å²) in [6.07, 6.45) is 0.823. The zero-order valence-corrected chi connectivity index (χ0v) is 14.6. The van der Waals surface area contributed by atoms with E-state index in [4.69, 9.17) is 9.47 Å². The Morgan fingerprint density at radius 3 is 2.50 bits per heavy atom. The number of nitro groups is 1. The van der Waals surface area contributed by atoms with Crippen LogP contribution in [0, 0.1) is 15.9 Å². The molecule has 0 heterocycles. The maximum atomic E-state index is 13.3. The molecule has 0 saturated carbocycles. The zero-order valence-electron chi connectivity index (χ0n) is 13.8. The quantitative estimate of drug-likeness (QED) is 0.428. The Hall–Kier alpha value is -3.01. The first-order valence-corrected chi connectivity index (χ1v) is 9.00. The van der Waals surface area contributed by atoms with Crippen LogP contribution in [0.3, 0.4) is 0 Å². The fraction of sp³-hybridized carbons (Fsp3) is 0.188. The number of hydrogen-bond acceptors (Lipinski definition) is 7. The average Bonchev–Trinajstić information content (AvgIpc) is 2.58. The Balaban J connectivity index is 2.27. The van der Waals surface area contributed by atoms with Crippen molar-refractivity contribution in [3.05, 3.63) is 63.5 Å². The normalized spacial score (nSPS) is 11.0. The number of nitro benzene ring substituents is 1. The number of carbonyl (C=O) groups excluding carboxylic acids is 1. The Labute approximate surface area is 148 Å². The molecule has 2 aromatic carbocycles. The molecule has 0 amide bonds. The molecule has 2 aromatic rings. The minimum atomic E-state index is -3.84. The summed E-state index contributed by atoms with van der Waals surface area (Å²) in [6.45, 7) is -0.332. The van der Waals surface area contributed by atoms with Gasteiger partial charge in [0.25, 0.3) is 5.69 Å². The third-order valence-corrected chi connectivity index (χ3v) is 4.54. The van der Waals surface area contributed by atoms with Gasteiger partial charge >= 0.3 is 5.97 Å². The highest BCUT2D eigenvalue weighted by atomic mass is 32.2. The summed E-state index contributed by atoms with van der Waals surface area (Å²) >= 11 is 0. The van der Waals surface area contributed by atoms with Crippen LogP contribution in [0.5, 0.6) is 5.75 Å². The average molecular weight is 383 g/mol. The van der Waals surface area contributed by atoms with Gasteiger partial charge in [0.05, 0.1) is 17.6 Å². The molecule has 0 atom stereocenters. The van der Waals surface area contributed by atoms with E-state index in [9.17, 15) is 27.7 Å². The summed E-state index contributed by atoms with van der Waals surface area (Å²) in [5.74, 6) is -1.18. The summed E-state index contributed by atoms with van der Waals surface area (Å²) < 4.78 is 46.5. The van der Waals surface area contributed by atoms with E-state index < -0.39 is 37.1 Å². The molecule has 0 aromatic heterocycles. The van der Waals surface area contributed by atoms with Crippen molar-refractivity contribution in [2.45, 2.75) is 11.5 Å². The van der Waals surface area contributed by atoms with Gasteiger partial charge in [0.2, 0.25) is 0 Å². The second-order valence-corrected chi connectivity index (χ2v) is 7.23. The summed E-state index contributed by atoms with van der Waals surface area (Å²) in [5.41, 5.74) is -0.673. The van der Waals surface area contributed by atoms with Crippen molar-refractivity contribution >= 4 is 21.5 Å². The smallest absolute Gasteiger partial charge is 0.338 e. The van der Waals surface area contributed by atoms with E-state index in [0.717, 1.165) is 30.5 Å². The van der Waals surface area contributed by atoms with E-state index in [1.807, 2.05) is 0 Å². The molecule has 0 saturated heterocycles. The molecule has 0 fully saturated rings. The number of methoxy groups -OCH3 is 1. The molecule has 2 rings (SSSR count). The van der Waals surface area contributed by atoms with Crippen molar-refractivity contribution in [3.8, 4) is 5.75 Å². The molecule has 8 nitrogen and oxygen atoms in total. The third kappa shape index (κ3) is 4.33. The zero-order chi connectivity index (χ0) is 19.5. The van der Waals surface area contributed by atoms with Crippen LogP contribution in [0.25, 0.3) is 0 Å². The van der Waals surface area contributed by atoms with Gasteiger partial charge in [-0.3, -0.25) is 10.1 Å². The van der Waals surface area contributed by atoms with Gasteiger partial charge in [0, 0.05) is 17.9 Å². The number of nitrogens with zero attached hydrogens (tertiary/aromatic N) is 1. The number of sulfone groups is 1. The topological polar surface area (TPSA) is 113 Å². The van der Waals surface area contributed by atoms with Crippen molar-refractivity contribution in [2.75, 3.05) is 13.4 Å². The van der Waals surface area contributed by atoms with Crippen molar-refractivity contribution in [1.82, 2.24) is 0 Å². The van der Waals surface area contributed by atoms with Crippen molar-refractivity contribution in [2.24, 2.45) is 0 Å². The molecule has 0 N–H and O–H groups in total. The molecular weight excluding hydrogens is 369 g/mol. The summed E-state index contributed by atoms with van der Waals surface area (Å²) in [5, 5.41) is 11.1. The fourth-order valence-corrected chi connectivity index (χ4v) is 3.02. The molecular formula is C16H14FNO7S. The van der Waals surface area contributed by atoms with Crippen molar-refractivity contribution in [1.29, 1.82) is 0 Å². The van der Waals surface area contributed by atoms with Crippen molar-refractivity contribution < 1.29 is 32.0 Å². The predicted octanol–water partition coefficient (Wildman–Crippen LogP) is 2.50. The van der Waals surface area contributed by atoms with Crippen LogP contribution >= 0.6 is 0 Å². The number of hydrogen-bond donors (Lipinski definition) is 0. The van der Waals surface area contributed by atoms with Crippen LogP contribution in [0.4, 0.5) is 10.1 Å². The Morgan fingerprint density at radius 1 is 1.23 bits per heavy atom. The highest BCUT2D eigenvalue weighted by molar-refractivity contribution is 7.90. The largest absolute Gasteiger partial charge is 0.496 e. The Kier molecular flexibility index (Phi) is 5.56. The molecule has 0 aliphatic heterocycles. The standard InChI is InChI=1S/C16H14FNO7S/c1-24-14-5-4-12(17)7-11(14)9-25-16(19)10-3-6-15(26(2,22)23)13(8-10)18(20)21/h3-8H,9H2,1-2H3. The van der Waals surface area contributed by atoms with Gasteiger partial charge in [0.1, 0.15) is 23.1 Å². The van der Waals surface area contributed by atoms with Crippen molar-refractivity contribution in [3.63, 3.8) is 0 Å². The van der Waals surface area contributed by atoms with Crippen LogP contribution < -0.4 is 4.74 Å². The summed E-state index contributed by atoms with van der Waals surface area (Å²) in [6, 6.07) is 6.56. The molecule has 0 radical (unpaired) electrons. The fourth-order valence-electron chi connectivity index (χ4n) is 2.19. The van der Waals surface area contributed by atoms with E-state index in [2.05, 4.69) is 0 Å². The molecule has 138 valence electrons. The van der Waals surface area contributed by atoms with Crippen LogP contribution in [0.15, 0.2) is 41.3 Å². The lowest BCUT2D eigenvalue weighted by Gasteiger charge is -2.10. The highest BCUT2D eigenvalue weighted by Gasteiger charge is 2.24. The lowest BCUT2D eigenvalue weighted by molar-refractivity contribution is -0.387. The van der Waals surface area contributed by atoms with Crippen LogP contribution in [-0.4, -0.2) is 32.7 Å². The van der Waals surface area contributed by atoms with Gasteiger partial charge in [-0.05, 0) is 30.3 Å². The molecule has 0 unspecified atom stereocenters. The van der Waals surface area contributed by atoms with Crippen LogP contribution in [0.1, 0.15) is 15.9 Å². The second kappa shape index (κ2) is 7.48. The molecule has 0 spiro atoms. The van der Waals surface area contributed by atoms with Gasteiger partial charge in [-0.25, -0.2) is 17.6 Å². The third-order valence-electron chi connectivity index (χ3n) is 3.39. The molecule has 26 heavy (non-hydrogen) atoms. The highest BCUT2D eigenvalue weighted by Crippen LogP contribution is 2.26. The van der Waals surface area contributed by atoms with E-state index in [0.29, 0.717) is 5.75 Å². The molecule has 0 bridgehead atoms. The SMILES string of the molecule is COc1ccc(F)cc1COC(=O)c1ccc(S(C)(=O)=O)c([N+](=O)[O-])c1. The Morgan fingerprint density at radius 2 is 1.92 bits per heavy atom. The lowest BCUT2D eigenvalue weighted by atomic mass is 10.2.